The third-order valence-electron chi connectivity index (χ3n) is 4.01. The number of nitrogens with zero attached hydrogens (tertiary/aromatic N) is 1. The van der Waals surface area contributed by atoms with Crippen molar-refractivity contribution in [3.8, 4) is 11.3 Å². The molecule has 0 saturated carbocycles. The maximum atomic E-state index is 6.27. The number of hydrogen-bond donors (Lipinski definition) is 2. The lowest BCUT2D eigenvalue weighted by Gasteiger charge is -2.05. The zero-order chi connectivity index (χ0) is 15.5. The molecule has 0 unspecified atom stereocenters. The highest BCUT2D eigenvalue weighted by Gasteiger charge is 2.15. The van der Waals surface area contributed by atoms with E-state index in [-0.39, 0.29) is 0 Å². The number of H-pyrrole nitrogens is 1. The summed E-state index contributed by atoms with van der Waals surface area (Å²) in [7, 11) is 0. The van der Waals surface area contributed by atoms with E-state index >= 15 is 0 Å². The zero-order valence-electron chi connectivity index (χ0n) is 12.7. The second kappa shape index (κ2) is 6.51. The van der Waals surface area contributed by atoms with Crippen LogP contribution in [0.2, 0.25) is 5.02 Å². The van der Waals surface area contributed by atoms with Crippen LogP contribution in [-0.4, -0.2) is 16.5 Å². The molecule has 2 heterocycles. The Balaban J connectivity index is 2.17. The number of hydrogen-bond acceptors (Lipinski definition) is 2. The molecular formula is C18H20ClN3. The zero-order valence-corrected chi connectivity index (χ0v) is 13.5. The van der Waals surface area contributed by atoms with E-state index < -0.39 is 0 Å². The van der Waals surface area contributed by atoms with Gasteiger partial charge in [0.2, 0.25) is 0 Å². The molecule has 0 aliphatic heterocycles. The molecule has 0 bridgehead atoms. The number of nitrogens with two attached hydrogens (primary N) is 1. The summed E-state index contributed by atoms with van der Waals surface area (Å²) in [6.07, 6.45) is 6.78. The molecular weight excluding hydrogens is 294 g/mol. The molecule has 0 amide bonds. The van der Waals surface area contributed by atoms with Gasteiger partial charge < -0.3 is 10.7 Å². The van der Waals surface area contributed by atoms with Crippen molar-refractivity contribution < 1.29 is 0 Å². The van der Waals surface area contributed by atoms with Gasteiger partial charge in [-0.2, -0.15) is 0 Å². The van der Waals surface area contributed by atoms with Crippen molar-refractivity contribution in [2.75, 3.05) is 6.54 Å². The molecule has 3 aromatic rings. The number of fused-ring (bicyclic) bond motifs is 1. The van der Waals surface area contributed by atoms with Crippen molar-refractivity contribution in [3.05, 3.63) is 52.8 Å². The first kappa shape index (κ1) is 15.1. The maximum absolute atomic E-state index is 6.27. The fourth-order valence-corrected chi connectivity index (χ4v) is 3.22. The molecule has 0 aliphatic rings. The molecule has 0 spiro atoms. The molecule has 0 saturated heterocycles. The molecule has 114 valence electrons. The topological polar surface area (TPSA) is 54.7 Å². The predicted octanol–water partition coefficient (Wildman–Crippen LogP) is 4.47. The first-order valence-corrected chi connectivity index (χ1v) is 7.99. The van der Waals surface area contributed by atoms with E-state index in [4.69, 9.17) is 17.3 Å². The summed E-state index contributed by atoms with van der Waals surface area (Å²) >= 11 is 6.27. The summed E-state index contributed by atoms with van der Waals surface area (Å²) < 4.78 is 0. The molecule has 0 aliphatic carbocycles. The number of halogens is 1. The maximum Gasteiger partial charge on any atom is 0.0513 e. The van der Waals surface area contributed by atoms with Gasteiger partial charge in [0.1, 0.15) is 0 Å². The average molecular weight is 314 g/mol. The summed E-state index contributed by atoms with van der Waals surface area (Å²) in [6.45, 7) is 2.81. The van der Waals surface area contributed by atoms with Gasteiger partial charge in [0, 0.05) is 33.9 Å². The van der Waals surface area contributed by atoms with E-state index in [9.17, 15) is 0 Å². The Morgan fingerprint density at radius 2 is 2.14 bits per heavy atom. The normalized spacial score (nSPS) is 11.2. The van der Waals surface area contributed by atoms with Crippen LogP contribution in [0.3, 0.4) is 0 Å². The SMILES string of the molecule is Cc1cc(Cl)cc2c(CCCCN)c(-c3cccnc3)[nH]c12. The molecule has 0 radical (unpaired) electrons. The highest BCUT2D eigenvalue weighted by molar-refractivity contribution is 6.31. The van der Waals surface area contributed by atoms with Crippen LogP contribution in [0.25, 0.3) is 22.2 Å². The largest absolute Gasteiger partial charge is 0.354 e. The number of rotatable bonds is 5. The molecule has 1 aromatic carbocycles. The van der Waals surface area contributed by atoms with Gasteiger partial charge in [-0.15, -0.1) is 0 Å². The van der Waals surface area contributed by atoms with Crippen molar-refractivity contribution >= 4 is 22.5 Å². The van der Waals surface area contributed by atoms with Crippen molar-refractivity contribution in [1.29, 1.82) is 0 Å². The van der Waals surface area contributed by atoms with Crippen LogP contribution in [0.5, 0.6) is 0 Å². The monoisotopic (exact) mass is 313 g/mol. The first-order chi connectivity index (χ1) is 10.7. The summed E-state index contributed by atoms with van der Waals surface area (Å²) in [5.41, 5.74) is 11.5. The van der Waals surface area contributed by atoms with Crippen LogP contribution in [0.15, 0.2) is 36.7 Å². The molecule has 3 rings (SSSR count). The third kappa shape index (κ3) is 2.87. The van der Waals surface area contributed by atoms with Crippen molar-refractivity contribution in [3.63, 3.8) is 0 Å². The Labute approximate surface area is 135 Å². The number of aryl methyl sites for hydroxylation is 2. The van der Waals surface area contributed by atoms with Gasteiger partial charge in [-0.05, 0) is 68.1 Å². The molecule has 3 N–H and O–H groups in total. The van der Waals surface area contributed by atoms with E-state index in [1.165, 1.54) is 10.9 Å². The third-order valence-corrected chi connectivity index (χ3v) is 4.23. The number of nitrogens with one attached hydrogen (secondary N) is 1. The van der Waals surface area contributed by atoms with E-state index in [0.717, 1.165) is 53.2 Å². The fourth-order valence-electron chi connectivity index (χ4n) is 2.95. The standard InChI is InChI=1S/C18H20ClN3/c1-12-9-14(19)10-16-15(6-2-3-7-20)18(22-17(12)16)13-5-4-8-21-11-13/h4-5,8-11,22H,2-3,6-7,20H2,1H3. The number of unbranched alkanes of at least 4 members (excludes halogenated alkanes) is 1. The second-order valence-corrected chi connectivity index (χ2v) is 6.05. The Kier molecular flexibility index (Phi) is 4.46. The van der Waals surface area contributed by atoms with Gasteiger partial charge in [0.15, 0.2) is 0 Å². The average Bonchev–Trinajstić information content (AvgIpc) is 2.88. The summed E-state index contributed by atoms with van der Waals surface area (Å²) in [5.74, 6) is 0. The van der Waals surface area contributed by atoms with Gasteiger partial charge >= 0.3 is 0 Å². The van der Waals surface area contributed by atoms with Crippen molar-refractivity contribution in [1.82, 2.24) is 9.97 Å². The van der Waals surface area contributed by atoms with Crippen molar-refractivity contribution in [2.45, 2.75) is 26.2 Å². The van der Waals surface area contributed by atoms with Gasteiger partial charge in [0.25, 0.3) is 0 Å². The van der Waals surface area contributed by atoms with Gasteiger partial charge in [-0.1, -0.05) is 11.6 Å². The van der Waals surface area contributed by atoms with Gasteiger partial charge in [-0.25, -0.2) is 0 Å². The Morgan fingerprint density at radius 3 is 2.86 bits per heavy atom. The van der Waals surface area contributed by atoms with Crippen LogP contribution in [0.1, 0.15) is 24.0 Å². The van der Waals surface area contributed by atoms with Crippen molar-refractivity contribution in [2.24, 2.45) is 5.73 Å². The molecule has 4 heteroatoms. The van der Waals surface area contributed by atoms with E-state index in [2.05, 4.69) is 29.0 Å². The Morgan fingerprint density at radius 1 is 1.27 bits per heavy atom. The van der Waals surface area contributed by atoms with Crippen LogP contribution in [0.4, 0.5) is 0 Å². The minimum Gasteiger partial charge on any atom is -0.354 e. The molecule has 2 aromatic heterocycles. The Bertz CT molecular complexity index is 778. The van der Waals surface area contributed by atoms with Crippen LogP contribution >= 0.6 is 11.6 Å². The second-order valence-electron chi connectivity index (χ2n) is 5.61. The molecule has 0 fully saturated rings. The minimum absolute atomic E-state index is 0.727. The highest BCUT2D eigenvalue weighted by Crippen LogP contribution is 2.34. The van der Waals surface area contributed by atoms with Gasteiger partial charge in [-0.3, -0.25) is 4.98 Å². The molecule has 3 nitrogen and oxygen atoms in total. The van der Waals surface area contributed by atoms with Crippen LogP contribution in [0, 0.1) is 6.92 Å². The molecule has 22 heavy (non-hydrogen) atoms. The quantitative estimate of drug-likeness (QED) is 0.683. The van der Waals surface area contributed by atoms with Gasteiger partial charge in [0.05, 0.1) is 5.69 Å². The van der Waals surface area contributed by atoms with E-state index in [1.807, 2.05) is 18.3 Å². The number of aromatic nitrogens is 2. The minimum atomic E-state index is 0.727. The summed E-state index contributed by atoms with van der Waals surface area (Å²) in [6, 6.07) is 8.10. The number of benzene rings is 1. The Hall–Kier alpha value is -1.84. The van der Waals surface area contributed by atoms with Crippen LogP contribution < -0.4 is 5.73 Å². The van der Waals surface area contributed by atoms with E-state index in [1.54, 1.807) is 6.20 Å². The molecule has 0 atom stereocenters. The smallest absolute Gasteiger partial charge is 0.0513 e. The highest BCUT2D eigenvalue weighted by atomic mass is 35.5. The number of aromatic amines is 1. The number of pyridine rings is 1. The fraction of sp³-hybridized carbons (Fsp3) is 0.278. The van der Waals surface area contributed by atoms with E-state index in [0.29, 0.717) is 0 Å². The lowest BCUT2D eigenvalue weighted by atomic mass is 10.0. The predicted molar refractivity (Wildman–Crippen MR) is 93.3 cm³/mol. The lowest BCUT2D eigenvalue weighted by Crippen LogP contribution is -1.99. The summed E-state index contributed by atoms with van der Waals surface area (Å²) in [4.78, 5) is 7.82. The summed E-state index contributed by atoms with van der Waals surface area (Å²) in [5, 5.41) is 1.99. The lowest BCUT2D eigenvalue weighted by molar-refractivity contribution is 0.748. The first-order valence-electron chi connectivity index (χ1n) is 7.62. The van der Waals surface area contributed by atoms with Crippen LogP contribution in [-0.2, 0) is 6.42 Å².